The van der Waals surface area contributed by atoms with Crippen LogP contribution in [0.15, 0.2) is 18.2 Å². The Morgan fingerprint density at radius 2 is 2.32 bits per heavy atom. The van der Waals surface area contributed by atoms with Crippen molar-refractivity contribution < 1.29 is 9.47 Å². The maximum Gasteiger partial charge on any atom is 0.124 e. The van der Waals surface area contributed by atoms with Crippen molar-refractivity contribution in [1.29, 1.82) is 0 Å². The molecule has 106 valence electrons. The average Bonchev–Trinajstić information content (AvgIpc) is 2.64. The second-order valence-electron chi connectivity index (χ2n) is 5.11. The Bertz CT molecular complexity index is 392. The molecule has 1 N–H and O–H groups in total. The average molecular weight is 263 g/mol. The van der Waals surface area contributed by atoms with Crippen LogP contribution in [0.1, 0.15) is 43.4 Å². The van der Waals surface area contributed by atoms with Crippen LogP contribution in [-0.2, 0) is 11.2 Å². The molecule has 0 aliphatic carbocycles. The fourth-order valence-corrected chi connectivity index (χ4v) is 2.53. The summed E-state index contributed by atoms with van der Waals surface area (Å²) in [6.07, 6.45) is 4.39. The molecule has 2 rings (SSSR count). The molecule has 0 radical (unpaired) electrons. The van der Waals surface area contributed by atoms with Crippen molar-refractivity contribution >= 4 is 0 Å². The lowest BCUT2D eigenvalue weighted by Gasteiger charge is -2.19. The summed E-state index contributed by atoms with van der Waals surface area (Å²) in [5.41, 5.74) is 2.65. The van der Waals surface area contributed by atoms with E-state index < -0.39 is 0 Å². The second kappa shape index (κ2) is 7.51. The Morgan fingerprint density at radius 3 is 3.11 bits per heavy atom. The molecule has 1 atom stereocenters. The Labute approximate surface area is 116 Å². The van der Waals surface area contributed by atoms with Crippen molar-refractivity contribution in [2.75, 3.05) is 26.9 Å². The molecule has 0 amide bonds. The van der Waals surface area contributed by atoms with Gasteiger partial charge in [0.25, 0.3) is 0 Å². The topological polar surface area (TPSA) is 30.5 Å². The van der Waals surface area contributed by atoms with Gasteiger partial charge >= 0.3 is 0 Å². The van der Waals surface area contributed by atoms with Crippen LogP contribution >= 0.6 is 0 Å². The first-order valence-electron chi connectivity index (χ1n) is 7.33. The maximum absolute atomic E-state index is 5.85. The van der Waals surface area contributed by atoms with Crippen molar-refractivity contribution in [2.24, 2.45) is 0 Å². The summed E-state index contributed by atoms with van der Waals surface area (Å²) in [6.45, 7) is 4.87. The van der Waals surface area contributed by atoms with Crippen molar-refractivity contribution in [3.8, 4) is 5.75 Å². The highest BCUT2D eigenvalue weighted by Gasteiger charge is 2.19. The number of rotatable bonds is 6. The van der Waals surface area contributed by atoms with E-state index in [2.05, 4.69) is 30.4 Å². The zero-order valence-electron chi connectivity index (χ0n) is 12.1. The third kappa shape index (κ3) is 3.95. The van der Waals surface area contributed by atoms with E-state index in [0.29, 0.717) is 6.04 Å². The highest BCUT2D eigenvalue weighted by Crippen LogP contribution is 2.32. The maximum atomic E-state index is 5.85. The predicted molar refractivity (Wildman–Crippen MR) is 77.8 cm³/mol. The monoisotopic (exact) mass is 263 g/mol. The van der Waals surface area contributed by atoms with E-state index >= 15 is 0 Å². The molecule has 1 heterocycles. The minimum Gasteiger partial charge on any atom is -0.493 e. The summed E-state index contributed by atoms with van der Waals surface area (Å²) in [6, 6.07) is 6.99. The molecular weight excluding hydrogens is 238 g/mol. The summed E-state index contributed by atoms with van der Waals surface area (Å²) < 4.78 is 11.0. The smallest absolute Gasteiger partial charge is 0.124 e. The lowest BCUT2D eigenvalue weighted by molar-refractivity contribution is 0.202. The molecule has 0 bridgehead atoms. The molecule has 0 saturated heterocycles. The van der Waals surface area contributed by atoms with Gasteiger partial charge in [-0.25, -0.2) is 0 Å². The van der Waals surface area contributed by atoms with Gasteiger partial charge in [-0.05, 0) is 43.9 Å². The highest BCUT2D eigenvalue weighted by molar-refractivity contribution is 5.40. The number of benzene rings is 1. The van der Waals surface area contributed by atoms with Crippen molar-refractivity contribution in [2.45, 2.75) is 38.6 Å². The van der Waals surface area contributed by atoms with E-state index in [1.165, 1.54) is 11.1 Å². The molecule has 0 fully saturated rings. The number of hydrogen-bond acceptors (Lipinski definition) is 3. The lowest BCUT2D eigenvalue weighted by Crippen LogP contribution is -2.21. The molecule has 1 aliphatic rings. The minimum absolute atomic E-state index is 0.431. The number of methoxy groups -OCH3 is 1. The van der Waals surface area contributed by atoms with Crippen LogP contribution in [0.25, 0.3) is 0 Å². The van der Waals surface area contributed by atoms with Gasteiger partial charge in [-0.15, -0.1) is 0 Å². The zero-order valence-corrected chi connectivity index (χ0v) is 12.1. The molecule has 19 heavy (non-hydrogen) atoms. The van der Waals surface area contributed by atoms with Crippen LogP contribution in [0.3, 0.4) is 0 Å². The van der Waals surface area contributed by atoms with E-state index in [1.807, 2.05) is 0 Å². The van der Waals surface area contributed by atoms with Crippen molar-refractivity contribution in [1.82, 2.24) is 5.32 Å². The Kier molecular flexibility index (Phi) is 5.67. The molecule has 1 unspecified atom stereocenters. The number of ether oxygens (including phenoxy) is 2. The van der Waals surface area contributed by atoms with Gasteiger partial charge in [0, 0.05) is 18.7 Å². The molecule has 3 nitrogen and oxygen atoms in total. The van der Waals surface area contributed by atoms with Gasteiger partial charge in [0.05, 0.1) is 13.2 Å². The van der Waals surface area contributed by atoms with E-state index in [-0.39, 0.29) is 0 Å². The van der Waals surface area contributed by atoms with Gasteiger partial charge in [0.1, 0.15) is 5.75 Å². The first-order valence-corrected chi connectivity index (χ1v) is 7.33. The third-order valence-corrected chi connectivity index (χ3v) is 3.58. The van der Waals surface area contributed by atoms with Gasteiger partial charge in [-0.2, -0.15) is 0 Å². The first kappa shape index (κ1) is 14.4. The molecule has 1 aromatic carbocycles. The van der Waals surface area contributed by atoms with Crippen LogP contribution in [0.2, 0.25) is 0 Å². The lowest BCUT2D eigenvalue weighted by atomic mass is 9.98. The number of nitrogens with one attached hydrogen (secondary N) is 1. The molecule has 1 aliphatic heterocycles. The van der Waals surface area contributed by atoms with E-state index in [9.17, 15) is 0 Å². The molecular formula is C16H25NO2. The molecule has 0 aromatic heterocycles. The van der Waals surface area contributed by atoms with Gasteiger partial charge in [0.2, 0.25) is 0 Å². The summed E-state index contributed by atoms with van der Waals surface area (Å²) in [5, 5.41) is 3.64. The fraction of sp³-hybridized carbons (Fsp3) is 0.625. The molecule has 0 saturated carbocycles. The number of hydrogen-bond donors (Lipinski definition) is 1. The SMILES string of the molecule is CCCNC1CCCOc2ccc(CCOC)cc21. The molecule has 1 aromatic rings. The van der Waals surface area contributed by atoms with Gasteiger partial charge in [-0.3, -0.25) is 0 Å². The van der Waals surface area contributed by atoms with Crippen molar-refractivity contribution in [3.05, 3.63) is 29.3 Å². The minimum atomic E-state index is 0.431. The summed E-state index contributed by atoms with van der Waals surface area (Å²) in [4.78, 5) is 0. The quantitative estimate of drug-likeness (QED) is 0.855. The Balaban J connectivity index is 2.17. The zero-order chi connectivity index (χ0) is 13.5. The van der Waals surface area contributed by atoms with Gasteiger partial charge in [0.15, 0.2) is 0 Å². The summed E-state index contributed by atoms with van der Waals surface area (Å²) in [5.74, 6) is 1.05. The summed E-state index contributed by atoms with van der Waals surface area (Å²) in [7, 11) is 1.75. The predicted octanol–water partition coefficient (Wildman–Crippen LogP) is 3.09. The highest BCUT2D eigenvalue weighted by atomic mass is 16.5. The van der Waals surface area contributed by atoms with Crippen LogP contribution in [0.5, 0.6) is 5.75 Å². The van der Waals surface area contributed by atoms with Crippen LogP contribution in [-0.4, -0.2) is 26.9 Å². The molecule has 3 heteroatoms. The van der Waals surface area contributed by atoms with Crippen LogP contribution in [0, 0.1) is 0 Å². The summed E-state index contributed by atoms with van der Waals surface area (Å²) >= 11 is 0. The van der Waals surface area contributed by atoms with E-state index in [1.54, 1.807) is 7.11 Å². The third-order valence-electron chi connectivity index (χ3n) is 3.58. The standard InChI is InChI=1S/C16H25NO2/c1-3-9-17-15-5-4-10-19-16-7-6-13(8-11-18-2)12-14(15)16/h6-7,12,15,17H,3-5,8-11H2,1-2H3. The van der Waals surface area contributed by atoms with Gasteiger partial charge < -0.3 is 14.8 Å². The second-order valence-corrected chi connectivity index (χ2v) is 5.11. The number of fused-ring (bicyclic) bond motifs is 1. The van der Waals surface area contributed by atoms with Gasteiger partial charge in [-0.1, -0.05) is 19.1 Å². The molecule has 0 spiro atoms. The normalized spacial score (nSPS) is 18.5. The Morgan fingerprint density at radius 1 is 1.42 bits per heavy atom. The largest absolute Gasteiger partial charge is 0.493 e. The van der Waals surface area contributed by atoms with Crippen molar-refractivity contribution in [3.63, 3.8) is 0 Å². The van der Waals surface area contributed by atoms with E-state index in [4.69, 9.17) is 9.47 Å². The van der Waals surface area contributed by atoms with Crippen LogP contribution < -0.4 is 10.1 Å². The Hall–Kier alpha value is -1.06. The van der Waals surface area contributed by atoms with E-state index in [0.717, 1.165) is 51.2 Å². The fourth-order valence-electron chi connectivity index (χ4n) is 2.53. The first-order chi connectivity index (χ1) is 9.35. The van der Waals surface area contributed by atoms with Crippen LogP contribution in [0.4, 0.5) is 0 Å².